The zero-order valence-corrected chi connectivity index (χ0v) is 17.3. The van der Waals surface area contributed by atoms with Crippen LogP contribution in [0.3, 0.4) is 0 Å². The third-order valence-corrected chi connectivity index (χ3v) is 4.24. The van der Waals surface area contributed by atoms with Crippen molar-refractivity contribution in [3.05, 3.63) is 35.0 Å². The number of amides is 2. The highest BCUT2D eigenvalue weighted by Gasteiger charge is 2.33. The molecule has 154 valence electrons. The van der Waals surface area contributed by atoms with Crippen LogP contribution in [-0.4, -0.2) is 32.3 Å². The molecular weight excluding hydrogens is 360 g/mol. The first-order valence-electron chi connectivity index (χ1n) is 9.69. The van der Waals surface area contributed by atoms with Gasteiger partial charge in [0.1, 0.15) is 0 Å². The Morgan fingerprint density at radius 2 is 1.96 bits per heavy atom. The first-order valence-corrected chi connectivity index (χ1v) is 9.69. The second kappa shape index (κ2) is 10.0. The van der Waals surface area contributed by atoms with E-state index in [0.29, 0.717) is 41.7 Å². The van der Waals surface area contributed by atoms with Gasteiger partial charge < -0.3 is 24.8 Å². The van der Waals surface area contributed by atoms with E-state index in [1.54, 1.807) is 26.2 Å². The number of benzene rings is 1. The average Bonchev–Trinajstić information content (AvgIpc) is 2.66. The van der Waals surface area contributed by atoms with E-state index < -0.39 is 12.0 Å². The normalized spacial score (nSPS) is 16.5. The lowest BCUT2D eigenvalue weighted by Crippen LogP contribution is -2.46. The third-order valence-electron chi connectivity index (χ3n) is 4.24. The molecule has 0 aliphatic carbocycles. The smallest absolute Gasteiger partial charge is 0.338 e. The molecule has 7 heteroatoms. The molecule has 0 saturated heterocycles. The SMILES string of the molecule is CCCC1=C(C(=O)OCC)C(c2ccc(OCC(C)C)c(OC)c2)NC(=O)N1. The molecule has 28 heavy (non-hydrogen) atoms. The van der Waals surface area contributed by atoms with Gasteiger partial charge in [0.15, 0.2) is 11.5 Å². The molecule has 0 saturated carbocycles. The van der Waals surface area contributed by atoms with Crippen molar-refractivity contribution in [3.8, 4) is 11.5 Å². The lowest BCUT2D eigenvalue weighted by atomic mass is 9.93. The zero-order chi connectivity index (χ0) is 20.7. The number of carbonyl (C=O) groups excluding carboxylic acids is 2. The maximum absolute atomic E-state index is 12.6. The van der Waals surface area contributed by atoms with E-state index in [4.69, 9.17) is 14.2 Å². The molecule has 1 atom stereocenters. The molecule has 1 aromatic rings. The van der Waals surface area contributed by atoms with Crippen molar-refractivity contribution in [2.24, 2.45) is 5.92 Å². The van der Waals surface area contributed by atoms with E-state index in [1.165, 1.54) is 0 Å². The predicted molar refractivity (Wildman–Crippen MR) is 106 cm³/mol. The van der Waals surface area contributed by atoms with Crippen LogP contribution in [0, 0.1) is 5.92 Å². The second-order valence-corrected chi connectivity index (χ2v) is 7.01. The molecule has 0 radical (unpaired) electrons. The van der Waals surface area contributed by atoms with Crippen LogP contribution in [-0.2, 0) is 9.53 Å². The van der Waals surface area contributed by atoms with Crippen LogP contribution in [0.4, 0.5) is 4.79 Å². The summed E-state index contributed by atoms with van der Waals surface area (Å²) in [6, 6.07) is 4.45. The second-order valence-electron chi connectivity index (χ2n) is 7.01. The minimum absolute atomic E-state index is 0.258. The van der Waals surface area contributed by atoms with Gasteiger partial charge in [0.05, 0.1) is 31.9 Å². The number of hydrogen-bond donors (Lipinski definition) is 2. The number of methoxy groups -OCH3 is 1. The van der Waals surface area contributed by atoms with E-state index >= 15 is 0 Å². The molecule has 2 rings (SSSR count). The highest BCUT2D eigenvalue weighted by molar-refractivity contribution is 5.95. The van der Waals surface area contributed by atoms with Gasteiger partial charge in [0.25, 0.3) is 0 Å². The fourth-order valence-electron chi connectivity index (χ4n) is 3.00. The van der Waals surface area contributed by atoms with Crippen LogP contribution in [0.15, 0.2) is 29.5 Å². The maximum Gasteiger partial charge on any atom is 0.338 e. The summed E-state index contributed by atoms with van der Waals surface area (Å²) in [5.74, 6) is 1.10. The van der Waals surface area contributed by atoms with Crippen molar-refractivity contribution >= 4 is 12.0 Å². The van der Waals surface area contributed by atoms with Crippen molar-refractivity contribution in [3.63, 3.8) is 0 Å². The Bertz CT molecular complexity index is 742. The Kier molecular flexibility index (Phi) is 7.72. The van der Waals surface area contributed by atoms with Gasteiger partial charge in [-0.1, -0.05) is 33.3 Å². The lowest BCUT2D eigenvalue weighted by molar-refractivity contribution is -0.139. The van der Waals surface area contributed by atoms with Crippen LogP contribution in [0.25, 0.3) is 0 Å². The van der Waals surface area contributed by atoms with E-state index in [2.05, 4.69) is 24.5 Å². The Morgan fingerprint density at radius 1 is 1.21 bits per heavy atom. The zero-order valence-electron chi connectivity index (χ0n) is 17.3. The van der Waals surface area contributed by atoms with E-state index in [1.807, 2.05) is 13.0 Å². The molecular formula is C21H30N2O5. The first kappa shape index (κ1) is 21.6. The molecule has 1 heterocycles. The molecule has 7 nitrogen and oxygen atoms in total. The van der Waals surface area contributed by atoms with Gasteiger partial charge in [0, 0.05) is 5.70 Å². The summed E-state index contributed by atoms with van der Waals surface area (Å²) in [5.41, 5.74) is 1.73. The number of ether oxygens (including phenoxy) is 3. The Hall–Kier alpha value is -2.70. The standard InChI is InChI=1S/C21H30N2O5/c1-6-8-15-18(20(24)27-7-2)19(23-21(25)22-15)14-9-10-16(17(11-14)26-5)28-12-13(3)4/h9-11,13,19H,6-8,12H2,1-5H3,(H2,22,23,25). The minimum Gasteiger partial charge on any atom is -0.493 e. The van der Waals surface area contributed by atoms with Crippen LogP contribution in [0.2, 0.25) is 0 Å². The molecule has 0 bridgehead atoms. The van der Waals surface area contributed by atoms with Gasteiger partial charge >= 0.3 is 12.0 Å². The van der Waals surface area contributed by atoms with Crippen LogP contribution < -0.4 is 20.1 Å². The van der Waals surface area contributed by atoms with E-state index in [9.17, 15) is 9.59 Å². The van der Waals surface area contributed by atoms with Crippen molar-refractivity contribution in [1.82, 2.24) is 10.6 Å². The monoisotopic (exact) mass is 390 g/mol. The number of allylic oxidation sites excluding steroid dienone is 1. The number of rotatable bonds is 9. The molecule has 2 N–H and O–H groups in total. The van der Waals surface area contributed by atoms with Gasteiger partial charge in [-0.15, -0.1) is 0 Å². The Labute approximate surface area is 166 Å². The van der Waals surface area contributed by atoms with Gasteiger partial charge in [-0.2, -0.15) is 0 Å². The maximum atomic E-state index is 12.6. The minimum atomic E-state index is -0.623. The molecule has 0 aromatic heterocycles. The summed E-state index contributed by atoms with van der Waals surface area (Å²) in [4.78, 5) is 24.8. The molecule has 0 spiro atoms. The highest BCUT2D eigenvalue weighted by atomic mass is 16.5. The van der Waals surface area contributed by atoms with Crippen LogP contribution in [0.1, 0.15) is 52.1 Å². The molecule has 0 fully saturated rings. The van der Waals surface area contributed by atoms with Crippen molar-refractivity contribution in [2.45, 2.75) is 46.6 Å². The van der Waals surface area contributed by atoms with Gasteiger partial charge in [-0.25, -0.2) is 9.59 Å². The number of esters is 1. The van der Waals surface area contributed by atoms with Crippen LogP contribution in [0.5, 0.6) is 11.5 Å². The lowest BCUT2D eigenvalue weighted by Gasteiger charge is -2.29. The molecule has 1 aliphatic heterocycles. The number of carbonyl (C=O) groups is 2. The molecule has 1 aliphatic rings. The summed E-state index contributed by atoms with van der Waals surface area (Å²) < 4.78 is 16.5. The number of hydrogen-bond acceptors (Lipinski definition) is 5. The first-order chi connectivity index (χ1) is 13.4. The summed E-state index contributed by atoms with van der Waals surface area (Å²) in [5, 5.41) is 5.58. The van der Waals surface area contributed by atoms with Gasteiger partial charge in [-0.3, -0.25) is 0 Å². The predicted octanol–water partition coefficient (Wildman–Crippen LogP) is 3.70. The van der Waals surface area contributed by atoms with Gasteiger partial charge in [-0.05, 0) is 37.0 Å². The summed E-state index contributed by atoms with van der Waals surface area (Å²) in [6.45, 7) is 8.70. The van der Waals surface area contributed by atoms with Crippen molar-refractivity contribution < 1.29 is 23.8 Å². The molecule has 1 aromatic carbocycles. The molecule has 2 amide bonds. The fraction of sp³-hybridized carbons (Fsp3) is 0.524. The Morgan fingerprint density at radius 3 is 2.57 bits per heavy atom. The number of urea groups is 1. The van der Waals surface area contributed by atoms with Crippen LogP contribution >= 0.6 is 0 Å². The van der Waals surface area contributed by atoms with Gasteiger partial charge in [0.2, 0.25) is 0 Å². The van der Waals surface area contributed by atoms with E-state index in [-0.39, 0.29) is 12.6 Å². The molecule has 1 unspecified atom stereocenters. The summed E-state index contributed by atoms with van der Waals surface area (Å²) in [6.07, 6.45) is 1.36. The third kappa shape index (κ3) is 5.18. The fourth-order valence-corrected chi connectivity index (χ4v) is 3.00. The summed E-state index contributed by atoms with van der Waals surface area (Å²) in [7, 11) is 1.56. The topological polar surface area (TPSA) is 85.9 Å². The number of nitrogens with one attached hydrogen (secondary N) is 2. The summed E-state index contributed by atoms with van der Waals surface area (Å²) >= 11 is 0. The van der Waals surface area contributed by atoms with E-state index in [0.717, 1.165) is 12.0 Å². The highest BCUT2D eigenvalue weighted by Crippen LogP contribution is 2.35. The average molecular weight is 390 g/mol. The Balaban J connectivity index is 2.45. The largest absolute Gasteiger partial charge is 0.493 e. The van der Waals surface area contributed by atoms with Crippen molar-refractivity contribution in [1.29, 1.82) is 0 Å². The quantitative estimate of drug-likeness (QED) is 0.628. The van der Waals surface area contributed by atoms with Crippen molar-refractivity contribution in [2.75, 3.05) is 20.3 Å².